The number of fused-ring (bicyclic) bond motifs is 5. The van der Waals surface area contributed by atoms with Crippen molar-refractivity contribution in [3.63, 3.8) is 0 Å². The largest absolute Gasteiger partial charge is 0.491 e. The molecule has 2 radical (unpaired) electrons. The maximum atomic E-state index is 14.4. The molecule has 1 spiro atoms. The first kappa shape index (κ1) is 21.0. The normalized spacial score (nSPS) is 24.3. The molecule has 0 bridgehead atoms. The highest BCUT2D eigenvalue weighted by Crippen LogP contribution is 2.58. The Morgan fingerprint density at radius 2 is 1.62 bits per heavy atom. The molecule has 0 N–H and O–H groups in total. The molecule has 0 saturated heterocycles. The number of carbonyl (C=O) groups is 1. The lowest BCUT2D eigenvalue weighted by molar-refractivity contribution is -0.161. The monoisotopic (exact) mass is 466 g/mol. The summed E-state index contributed by atoms with van der Waals surface area (Å²) in [6.07, 6.45) is -4.60. The van der Waals surface area contributed by atoms with Crippen LogP contribution < -0.4 is 18.7 Å². The molecule has 5 nitrogen and oxygen atoms in total. The van der Waals surface area contributed by atoms with Gasteiger partial charge >= 0.3 is 12.1 Å². The second-order valence-corrected chi connectivity index (χ2v) is 8.86. The summed E-state index contributed by atoms with van der Waals surface area (Å²) in [7, 11) is 0. The molecule has 3 aromatic rings. The Balaban J connectivity index is 1.58. The number of halogens is 3. The first-order chi connectivity index (χ1) is 16.2. The van der Waals surface area contributed by atoms with E-state index in [1.165, 1.54) is 0 Å². The molecule has 3 aliphatic rings. The minimum absolute atomic E-state index is 0.0287. The second kappa shape index (κ2) is 6.99. The van der Waals surface area contributed by atoms with Gasteiger partial charge in [0.25, 0.3) is 0 Å². The van der Waals surface area contributed by atoms with Gasteiger partial charge in [0.2, 0.25) is 6.79 Å². The average molecular weight is 466 g/mol. The molecule has 8 heteroatoms. The van der Waals surface area contributed by atoms with Gasteiger partial charge in [0.15, 0.2) is 23.5 Å². The molecule has 34 heavy (non-hydrogen) atoms. The number of ether oxygens (including phenoxy) is 3. The zero-order valence-corrected chi connectivity index (χ0v) is 17.9. The van der Waals surface area contributed by atoms with Crippen LogP contribution in [-0.2, 0) is 16.8 Å². The molecule has 3 heterocycles. The van der Waals surface area contributed by atoms with Crippen LogP contribution in [-0.4, -0.2) is 32.0 Å². The van der Waals surface area contributed by atoms with Crippen LogP contribution >= 0.6 is 0 Å². The van der Waals surface area contributed by atoms with Crippen molar-refractivity contribution >= 4 is 11.6 Å². The Labute approximate surface area is 193 Å². The molecular formula is C26H19F3NO4+. The first-order valence-electron chi connectivity index (χ1n) is 10.7. The van der Waals surface area contributed by atoms with E-state index in [0.717, 1.165) is 0 Å². The standard InChI is InChI=1S/C26H19F3NO4/c1-16-6-8-17(9-7-16)12-30(13-26(27,28)29)20-5-3-2-4-18(20)25(24(30)31)14-32-21-11-23-22(10-19(21)25)33-15-34-23/h1-11H,12-15H2/q+1. The predicted molar refractivity (Wildman–Crippen MR) is 117 cm³/mol. The van der Waals surface area contributed by atoms with E-state index in [-0.39, 0.29) is 19.9 Å². The summed E-state index contributed by atoms with van der Waals surface area (Å²) >= 11 is 0. The quantitative estimate of drug-likeness (QED) is 0.522. The van der Waals surface area contributed by atoms with Crippen LogP contribution in [0.25, 0.3) is 0 Å². The zero-order chi connectivity index (χ0) is 23.7. The third kappa shape index (κ3) is 2.88. The average Bonchev–Trinajstić information content (AvgIpc) is 3.46. The fourth-order valence-electron chi connectivity index (χ4n) is 5.45. The van der Waals surface area contributed by atoms with Crippen LogP contribution in [0.4, 0.5) is 18.9 Å². The summed E-state index contributed by atoms with van der Waals surface area (Å²) in [5.41, 5.74) is 0.988. The van der Waals surface area contributed by atoms with Crippen LogP contribution in [0.3, 0.4) is 0 Å². The van der Waals surface area contributed by atoms with Gasteiger partial charge in [-0.1, -0.05) is 42.5 Å². The fraction of sp³-hybridized carbons (Fsp3) is 0.231. The summed E-state index contributed by atoms with van der Waals surface area (Å²) in [4.78, 5) is 14.4. The number of rotatable bonds is 3. The Bertz CT molecular complexity index is 1320. The van der Waals surface area contributed by atoms with Crippen LogP contribution in [0, 0.1) is 6.92 Å². The minimum Gasteiger partial charge on any atom is -0.491 e. The van der Waals surface area contributed by atoms with Crippen LogP contribution in [0.15, 0.2) is 60.7 Å². The number of carbonyl (C=O) groups excluding carboxylic acids is 1. The predicted octanol–water partition coefficient (Wildman–Crippen LogP) is 4.76. The Morgan fingerprint density at radius 1 is 0.912 bits per heavy atom. The molecule has 172 valence electrons. The highest BCUT2D eigenvalue weighted by atomic mass is 19.4. The van der Waals surface area contributed by atoms with E-state index < -0.39 is 28.5 Å². The number of alkyl halides is 3. The molecule has 6 rings (SSSR count). The van der Waals surface area contributed by atoms with Crippen molar-refractivity contribution in [3.05, 3.63) is 89.8 Å². The molecule has 2 unspecified atom stereocenters. The van der Waals surface area contributed by atoms with E-state index in [4.69, 9.17) is 21.1 Å². The van der Waals surface area contributed by atoms with E-state index in [1.54, 1.807) is 60.7 Å². The molecule has 3 aliphatic heterocycles. The Kier molecular flexibility index (Phi) is 4.33. The molecule has 0 saturated carbocycles. The van der Waals surface area contributed by atoms with Gasteiger partial charge in [-0.15, -0.1) is 0 Å². The van der Waals surface area contributed by atoms with Crippen LogP contribution in [0.1, 0.15) is 22.3 Å². The number of quaternary nitrogens is 1. The van der Waals surface area contributed by atoms with E-state index in [2.05, 4.69) is 0 Å². The summed E-state index contributed by atoms with van der Waals surface area (Å²) in [6, 6.07) is 16.6. The number of amides is 1. The zero-order valence-electron chi connectivity index (χ0n) is 17.9. The van der Waals surface area contributed by atoms with Gasteiger partial charge in [-0.25, -0.2) is 9.28 Å². The van der Waals surface area contributed by atoms with Gasteiger partial charge in [-0.3, -0.25) is 0 Å². The summed E-state index contributed by atoms with van der Waals surface area (Å²) in [5.74, 6) is 0.744. The van der Waals surface area contributed by atoms with E-state index in [0.29, 0.717) is 45.2 Å². The molecule has 0 aromatic heterocycles. The Hall–Kier alpha value is -3.52. The number of nitrogens with zero attached hydrogens (tertiary/aromatic N) is 1. The third-order valence-corrected chi connectivity index (χ3v) is 6.84. The van der Waals surface area contributed by atoms with Crippen molar-refractivity contribution in [1.29, 1.82) is 0 Å². The Morgan fingerprint density at radius 3 is 2.35 bits per heavy atom. The molecule has 0 fully saturated rings. The third-order valence-electron chi connectivity index (χ3n) is 6.84. The van der Waals surface area contributed by atoms with Crippen molar-refractivity contribution in [2.24, 2.45) is 0 Å². The maximum absolute atomic E-state index is 14.4. The van der Waals surface area contributed by atoms with Gasteiger partial charge < -0.3 is 14.2 Å². The molecule has 0 aliphatic carbocycles. The van der Waals surface area contributed by atoms with Gasteiger partial charge in [-0.2, -0.15) is 13.2 Å². The lowest BCUT2D eigenvalue weighted by Crippen LogP contribution is -2.60. The number of benzene rings is 3. The van der Waals surface area contributed by atoms with Crippen molar-refractivity contribution in [3.8, 4) is 17.2 Å². The highest BCUT2D eigenvalue weighted by molar-refractivity contribution is 6.08. The lowest BCUT2D eigenvalue weighted by Gasteiger charge is -2.34. The van der Waals surface area contributed by atoms with Gasteiger partial charge in [0, 0.05) is 22.8 Å². The van der Waals surface area contributed by atoms with Gasteiger partial charge in [0.1, 0.15) is 24.6 Å². The molecule has 1 amide bonds. The summed E-state index contributed by atoms with van der Waals surface area (Å²) in [5, 5.41) is 0. The number of hydrogen-bond donors (Lipinski definition) is 0. The van der Waals surface area contributed by atoms with Crippen LogP contribution in [0.5, 0.6) is 17.2 Å². The van der Waals surface area contributed by atoms with E-state index in [9.17, 15) is 18.0 Å². The minimum atomic E-state index is -4.60. The van der Waals surface area contributed by atoms with Gasteiger partial charge in [0.05, 0.1) is 0 Å². The highest BCUT2D eigenvalue weighted by Gasteiger charge is 2.68. The maximum Gasteiger partial charge on any atom is 0.439 e. The number of para-hydroxylation sites is 1. The summed E-state index contributed by atoms with van der Waals surface area (Å²) < 4.78 is 58.2. The van der Waals surface area contributed by atoms with Crippen molar-refractivity contribution in [2.75, 3.05) is 19.9 Å². The topological polar surface area (TPSA) is 44.8 Å². The van der Waals surface area contributed by atoms with Crippen molar-refractivity contribution < 1.29 is 32.2 Å². The lowest BCUT2D eigenvalue weighted by atomic mass is 9.77. The van der Waals surface area contributed by atoms with E-state index in [1.807, 2.05) is 0 Å². The van der Waals surface area contributed by atoms with Gasteiger partial charge in [-0.05, 0) is 24.6 Å². The fourth-order valence-corrected chi connectivity index (χ4v) is 5.45. The molecule has 2 atom stereocenters. The van der Waals surface area contributed by atoms with Crippen LogP contribution in [0.2, 0.25) is 0 Å². The van der Waals surface area contributed by atoms with E-state index >= 15 is 0 Å². The molecular weight excluding hydrogens is 447 g/mol. The summed E-state index contributed by atoms with van der Waals surface area (Å²) in [6.45, 7) is 4.20. The first-order valence-corrected chi connectivity index (χ1v) is 10.7. The smallest absolute Gasteiger partial charge is 0.439 e. The SMILES string of the molecule is [CH]c1ccc(C[N+]2(CC(F)(F)F)C(=O)C3(COc4cc5c(cc43)OCO5)c3ccccc32)cc1. The number of hydrogen-bond acceptors (Lipinski definition) is 4. The van der Waals surface area contributed by atoms with Crippen molar-refractivity contribution in [1.82, 2.24) is 4.48 Å². The van der Waals surface area contributed by atoms with Crippen molar-refractivity contribution in [2.45, 2.75) is 18.1 Å². The second-order valence-electron chi connectivity index (χ2n) is 8.86. The molecule has 3 aromatic carbocycles.